The third-order valence-electron chi connectivity index (χ3n) is 0.514. The first-order valence-corrected chi connectivity index (χ1v) is 2.98. The molecule has 0 bridgehead atoms. The number of aliphatic carboxylic acids is 1. The van der Waals surface area contributed by atoms with E-state index < -0.39 is 12.0 Å². The van der Waals surface area contributed by atoms with Gasteiger partial charge in [0.05, 0.1) is 0 Å². The summed E-state index contributed by atoms with van der Waals surface area (Å²) in [6.07, 6.45) is 0.250. The van der Waals surface area contributed by atoms with Gasteiger partial charge in [-0.2, -0.15) is 12.6 Å². The van der Waals surface area contributed by atoms with Crippen LogP contribution in [0.1, 0.15) is 7.43 Å². The molecule has 0 aliphatic rings. The number of carbonyl (C=O) groups is 2. The molecule has 0 heterocycles. The molecule has 0 aromatic rings. The summed E-state index contributed by atoms with van der Waals surface area (Å²) in [7, 11) is 0. The Morgan fingerprint density at radius 3 is 2.00 bits per heavy atom. The summed E-state index contributed by atoms with van der Waals surface area (Å²) in [5.41, 5.74) is 9.11. The molecule has 0 aromatic carbocycles. The van der Waals surface area contributed by atoms with Crippen LogP contribution in [-0.2, 0) is 9.59 Å². The Morgan fingerprint density at radius 2 is 2.00 bits per heavy atom. The Hall–Kier alpha value is -0.750. The number of hydrogen-bond acceptors (Lipinski definition) is 4. The van der Waals surface area contributed by atoms with Gasteiger partial charge in [-0.25, -0.2) is 0 Å². The number of nitrogens with two attached hydrogens (primary N) is 2. The maximum atomic E-state index is 9.76. The van der Waals surface area contributed by atoms with Crippen molar-refractivity contribution < 1.29 is 14.7 Å². The van der Waals surface area contributed by atoms with Crippen molar-refractivity contribution in [3.05, 3.63) is 0 Å². The van der Waals surface area contributed by atoms with Gasteiger partial charge in [0.1, 0.15) is 6.04 Å². The lowest BCUT2D eigenvalue weighted by molar-refractivity contribution is -0.137. The van der Waals surface area contributed by atoms with Crippen LogP contribution in [0.25, 0.3) is 0 Å². The number of carbonyl (C=O) groups excluding carboxylic acids is 1. The average molecular weight is 182 g/mol. The molecular weight excluding hydrogens is 168 g/mol. The molecule has 0 unspecified atom stereocenters. The molecule has 1 amide bonds. The molecule has 0 aliphatic heterocycles. The van der Waals surface area contributed by atoms with Crippen LogP contribution in [-0.4, -0.2) is 29.3 Å². The normalized spacial score (nSPS) is 9.64. The summed E-state index contributed by atoms with van der Waals surface area (Å²) in [4.78, 5) is 18.3. The molecule has 0 aliphatic carbocycles. The Morgan fingerprint density at radius 1 is 1.73 bits per heavy atom. The fraction of sp³-hybridized carbons (Fsp3) is 0.600. The molecule has 1 atom stereocenters. The van der Waals surface area contributed by atoms with E-state index in [-0.39, 0.29) is 19.6 Å². The minimum Gasteiger partial charge on any atom is -0.480 e. The number of thiol groups is 1. The van der Waals surface area contributed by atoms with E-state index >= 15 is 0 Å². The molecule has 0 saturated carbocycles. The van der Waals surface area contributed by atoms with E-state index in [0.29, 0.717) is 0 Å². The van der Waals surface area contributed by atoms with Crippen LogP contribution in [0.3, 0.4) is 0 Å². The first-order chi connectivity index (χ1) is 4.59. The minimum atomic E-state index is -1.00. The molecular formula is C5H14N2O3S. The van der Waals surface area contributed by atoms with Crippen LogP contribution in [0, 0.1) is 0 Å². The fourth-order valence-corrected chi connectivity index (χ4v) is 0.234. The van der Waals surface area contributed by atoms with Crippen molar-refractivity contribution in [2.75, 3.05) is 5.75 Å². The monoisotopic (exact) mass is 182 g/mol. The van der Waals surface area contributed by atoms with E-state index in [1.54, 1.807) is 0 Å². The highest BCUT2D eigenvalue weighted by Crippen LogP contribution is 1.80. The van der Waals surface area contributed by atoms with E-state index in [1.165, 1.54) is 0 Å². The molecule has 0 radical (unpaired) electrons. The van der Waals surface area contributed by atoms with Crippen molar-refractivity contribution in [3.63, 3.8) is 0 Å². The van der Waals surface area contributed by atoms with E-state index in [2.05, 4.69) is 18.4 Å². The van der Waals surface area contributed by atoms with Gasteiger partial charge >= 0.3 is 5.97 Å². The predicted molar refractivity (Wildman–Crippen MR) is 46.4 cm³/mol. The third kappa shape index (κ3) is 17.6. The Bertz CT molecular complexity index is 110. The number of amides is 1. The van der Waals surface area contributed by atoms with Gasteiger partial charge in [-0.15, -0.1) is 0 Å². The van der Waals surface area contributed by atoms with Gasteiger partial charge in [0, 0.05) is 5.75 Å². The highest BCUT2D eigenvalue weighted by Gasteiger charge is 2.06. The quantitative estimate of drug-likeness (QED) is 0.327. The summed E-state index contributed by atoms with van der Waals surface area (Å²) in [5, 5.41) is 8.01. The Balaban J connectivity index is -0.000000140. The molecule has 0 aromatic heterocycles. The van der Waals surface area contributed by atoms with Crippen molar-refractivity contribution in [2.24, 2.45) is 11.5 Å². The van der Waals surface area contributed by atoms with Crippen LogP contribution >= 0.6 is 12.6 Å². The molecule has 0 rings (SSSR count). The first kappa shape index (κ1) is 16.7. The second kappa shape index (κ2) is 12.0. The van der Waals surface area contributed by atoms with E-state index in [0.717, 1.165) is 0 Å². The van der Waals surface area contributed by atoms with E-state index in [9.17, 15) is 4.79 Å². The van der Waals surface area contributed by atoms with Crippen LogP contribution in [0.4, 0.5) is 0 Å². The second-order valence-electron chi connectivity index (χ2n) is 1.26. The highest BCUT2D eigenvalue weighted by atomic mass is 32.1. The van der Waals surface area contributed by atoms with E-state index in [1.807, 2.05) is 0 Å². The molecule has 11 heavy (non-hydrogen) atoms. The second-order valence-corrected chi connectivity index (χ2v) is 1.63. The zero-order chi connectivity index (χ0) is 8.57. The smallest absolute Gasteiger partial charge is 0.321 e. The number of primary amides is 1. The Labute approximate surface area is 71.2 Å². The summed E-state index contributed by atoms with van der Waals surface area (Å²) >= 11 is 3.65. The fourth-order valence-electron chi connectivity index (χ4n) is 0.0781. The Kier molecular flexibility index (Phi) is 18.2. The molecule has 68 valence electrons. The maximum Gasteiger partial charge on any atom is 0.321 e. The van der Waals surface area contributed by atoms with Gasteiger partial charge in [0.15, 0.2) is 0 Å². The highest BCUT2D eigenvalue weighted by molar-refractivity contribution is 7.80. The van der Waals surface area contributed by atoms with Crippen molar-refractivity contribution >= 4 is 25.0 Å². The standard InChI is InChI=1S/C3H7NO2S.CH3NO.CH4/c4-2(1-7)3(5)6;2-1-3;/h2,7H,1,4H2,(H,5,6);1H,(H2,2,3);1H4/t2-;;/m1../s1. The maximum absolute atomic E-state index is 9.76. The number of hydrogen-bond donors (Lipinski definition) is 4. The van der Waals surface area contributed by atoms with Gasteiger partial charge in [-0.05, 0) is 0 Å². The average Bonchev–Trinajstić information content (AvgIpc) is 1.88. The number of rotatable bonds is 2. The predicted octanol–water partition coefficient (Wildman–Crippen LogP) is -0.934. The van der Waals surface area contributed by atoms with Crippen molar-refractivity contribution in [1.29, 1.82) is 0 Å². The van der Waals surface area contributed by atoms with Crippen molar-refractivity contribution in [1.82, 2.24) is 0 Å². The SMILES string of the molecule is C.NC=O.N[C@H](CS)C(=O)O. The first-order valence-electron chi connectivity index (χ1n) is 2.34. The van der Waals surface area contributed by atoms with Crippen molar-refractivity contribution in [3.8, 4) is 0 Å². The molecule has 0 saturated heterocycles. The molecule has 5 N–H and O–H groups in total. The van der Waals surface area contributed by atoms with Gasteiger partial charge < -0.3 is 16.6 Å². The summed E-state index contributed by atoms with van der Waals surface area (Å²) in [5.74, 6) is -0.815. The van der Waals surface area contributed by atoms with Gasteiger partial charge in [0.25, 0.3) is 0 Å². The lowest BCUT2D eigenvalue weighted by Crippen LogP contribution is -2.31. The van der Waals surface area contributed by atoms with Crippen LogP contribution in [0.15, 0.2) is 0 Å². The van der Waals surface area contributed by atoms with E-state index in [4.69, 9.17) is 15.6 Å². The van der Waals surface area contributed by atoms with Gasteiger partial charge in [-0.3, -0.25) is 9.59 Å². The molecule has 6 heteroatoms. The lowest BCUT2D eigenvalue weighted by Gasteiger charge is -1.96. The van der Waals surface area contributed by atoms with Crippen LogP contribution in [0.5, 0.6) is 0 Å². The molecule has 0 spiro atoms. The van der Waals surface area contributed by atoms with Gasteiger partial charge in [0.2, 0.25) is 6.41 Å². The minimum absolute atomic E-state index is 0. The number of carboxylic acids is 1. The van der Waals surface area contributed by atoms with Crippen LogP contribution < -0.4 is 11.5 Å². The summed E-state index contributed by atoms with van der Waals surface area (Å²) < 4.78 is 0. The van der Waals surface area contributed by atoms with Crippen LogP contribution in [0.2, 0.25) is 0 Å². The topological polar surface area (TPSA) is 106 Å². The lowest BCUT2D eigenvalue weighted by atomic mass is 10.4. The third-order valence-corrected chi connectivity index (χ3v) is 0.907. The molecule has 0 fully saturated rings. The zero-order valence-corrected chi connectivity index (χ0v) is 6.12. The number of carboxylic acid groups (broad SMARTS) is 1. The largest absolute Gasteiger partial charge is 0.480 e. The summed E-state index contributed by atoms with van der Waals surface area (Å²) in [6.45, 7) is 0. The molecule has 5 nitrogen and oxygen atoms in total. The van der Waals surface area contributed by atoms with Crippen molar-refractivity contribution in [2.45, 2.75) is 13.5 Å². The zero-order valence-electron chi connectivity index (χ0n) is 5.23. The summed E-state index contributed by atoms with van der Waals surface area (Å²) in [6, 6.07) is -0.816. The van der Waals surface area contributed by atoms with Gasteiger partial charge in [-0.1, -0.05) is 7.43 Å².